The minimum Gasteiger partial charge on any atom is -0.493 e. The third-order valence-electron chi connectivity index (χ3n) is 3.73. The van der Waals surface area contributed by atoms with Crippen molar-refractivity contribution in [1.29, 1.82) is 0 Å². The lowest BCUT2D eigenvalue weighted by Crippen LogP contribution is -2.27. The fourth-order valence-electron chi connectivity index (χ4n) is 2.48. The molecule has 0 bridgehead atoms. The van der Waals surface area contributed by atoms with E-state index in [1.807, 2.05) is 24.3 Å². The molecule has 3 heteroatoms. The van der Waals surface area contributed by atoms with Gasteiger partial charge < -0.3 is 4.74 Å². The van der Waals surface area contributed by atoms with Crippen molar-refractivity contribution in [3.8, 4) is 5.75 Å². The number of carbonyl (C=O) groups is 1. The maximum atomic E-state index is 11.3. The lowest BCUT2D eigenvalue weighted by atomic mass is 9.90. The number of hydrogen-bond acceptors (Lipinski definition) is 2. The summed E-state index contributed by atoms with van der Waals surface area (Å²) in [5.41, 5.74) is 0.999. The van der Waals surface area contributed by atoms with Crippen LogP contribution in [0.3, 0.4) is 0 Å². The zero-order chi connectivity index (χ0) is 13.0. The van der Waals surface area contributed by atoms with Crippen molar-refractivity contribution in [2.24, 2.45) is 5.41 Å². The average molecular weight is 311 g/mol. The summed E-state index contributed by atoms with van der Waals surface area (Å²) >= 11 is 3.61. The van der Waals surface area contributed by atoms with Crippen molar-refractivity contribution in [2.75, 3.05) is 11.9 Å². The fraction of sp³-hybridized carbons (Fsp3) is 0.533. The Morgan fingerprint density at radius 1 is 1.39 bits per heavy atom. The van der Waals surface area contributed by atoms with E-state index in [1.54, 1.807) is 6.92 Å². The Morgan fingerprint density at radius 2 is 2.11 bits per heavy atom. The first-order valence-corrected chi connectivity index (χ1v) is 7.57. The van der Waals surface area contributed by atoms with Gasteiger partial charge in [-0.05, 0) is 31.9 Å². The molecule has 1 aromatic rings. The molecule has 1 saturated carbocycles. The van der Waals surface area contributed by atoms with Gasteiger partial charge in [0.25, 0.3) is 0 Å². The molecule has 0 atom stereocenters. The maximum absolute atomic E-state index is 11.3. The Labute approximate surface area is 117 Å². The quantitative estimate of drug-likeness (QED) is 0.601. The lowest BCUT2D eigenvalue weighted by molar-refractivity contribution is 0.101. The molecule has 0 radical (unpaired) electrons. The minimum atomic E-state index is 0.0801. The first kappa shape index (κ1) is 13.6. The van der Waals surface area contributed by atoms with Crippen LogP contribution in [0, 0.1) is 5.41 Å². The summed E-state index contributed by atoms with van der Waals surface area (Å²) < 4.78 is 5.89. The lowest BCUT2D eigenvalue weighted by Gasteiger charge is -2.26. The summed E-state index contributed by atoms with van der Waals surface area (Å²) in [6.45, 7) is 2.32. The second-order valence-corrected chi connectivity index (χ2v) is 5.77. The van der Waals surface area contributed by atoms with Crippen LogP contribution >= 0.6 is 15.9 Å². The van der Waals surface area contributed by atoms with Crippen LogP contribution in [0.1, 0.15) is 43.0 Å². The standard InChI is InChI=1S/C15H19BrO2/c1-12(17)13-5-4-6-14(9-13)18-11-15(10-16)7-2-3-8-15/h4-6,9H,2-3,7-8,10-11H2,1H3. The Kier molecular flexibility index (Phi) is 4.44. The van der Waals surface area contributed by atoms with Crippen molar-refractivity contribution in [1.82, 2.24) is 0 Å². The van der Waals surface area contributed by atoms with Crippen LogP contribution in [0.5, 0.6) is 5.75 Å². The van der Waals surface area contributed by atoms with Gasteiger partial charge in [-0.15, -0.1) is 0 Å². The number of ether oxygens (including phenoxy) is 1. The fourth-order valence-corrected chi connectivity index (χ4v) is 3.21. The van der Waals surface area contributed by atoms with Gasteiger partial charge in [-0.3, -0.25) is 4.79 Å². The van der Waals surface area contributed by atoms with Crippen molar-refractivity contribution in [3.05, 3.63) is 29.8 Å². The van der Waals surface area contributed by atoms with Crippen LogP contribution in [-0.4, -0.2) is 17.7 Å². The van der Waals surface area contributed by atoms with Crippen LogP contribution in [-0.2, 0) is 0 Å². The maximum Gasteiger partial charge on any atom is 0.159 e. The number of benzene rings is 1. The highest BCUT2D eigenvalue weighted by molar-refractivity contribution is 9.09. The molecule has 0 heterocycles. The highest BCUT2D eigenvalue weighted by Gasteiger charge is 2.33. The van der Waals surface area contributed by atoms with E-state index >= 15 is 0 Å². The molecule has 2 nitrogen and oxygen atoms in total. The molecule has 1 aliphatic carbocycles. The largest absolute Gasteiger partial charge is 0.493 e. The summed E-state index contributed by atoms with van der Waals surface area (Å²) in [4.78, 5) is 11.3. The summed E-state index contributed by atoms with van der Waals surface area (Å²) in [7, 11) is 0. The topological polar surface area (TPSA) is 26.3 Å². The third-order valence-corrected chi connectivity index (χ3v) is 4.92. The first-order valence-electron chi connectivity index (χ1n) is 6.45. The van der Waals surface area contributed by atoms with E-state index < -0.39 is 0 Å². The SMILES string of the molecule is CC(=O)c1cccc(OCC2(CBr)CCCC2)c1. The first-order chi connectivity index (χ1) is 8.65. The number of Topliss-reactive ketones (excluding diaryl/α,β-unsaturated/α-hetero) is 1. The number of carbonyl (C=O) groups excluding carboxylic acids is 1. The van der Waals surface area contributed by atoms with Gasteiger partial charge in [0.1, 0.15) is 5.75 Å². The van der Waals surface area contributed by atoms with E-state index in [1.165, 1.54) is 25.7 Å². The van der Waals surface area contributed by atoms with Gasteiger partial charge in [-0.25, -0.2) is 0 Å². The van der Waals surface area contributed by atoms with Crippen LogP contribution in [0.4, 0.5) is 0 Å². The number of ketones is 1. The molecule has 18 heavy (non-hydrogen) atoms. The Balaban J connectivity index is 2.01. The number of rotatable bonds is 5. The van der Waals surface area contributed by atoms with Crippen LogP contribution < -0.4 is 4.74 Å². The van der Waals surface area contributed by atoms with Crippen LogP contribution in [0.15, 0.2) is 24.3 Å². The molecule has 1 fully saturated rings. The van der Waals surface area contributed by atoms with Gasteiger partial charge in [-0.1, -0.05) is 40.9 Å². The average Bonchev–Trinajstić information content (AvgIpc) is 2.86. The van der Waals surface area contributed by atoms with Crippen LogP contribution in [0.25, 0.3) is 0 Å². The molecule has 0 N–H and O–H groups in total. The number of hydrogen-bond donors (Lipinski definition) is 0. The molecular weight excluding hydrogens is 292 g/mol. The minimum absolute atomic E-state index is 0.0801. The second-order valence-electron chi connectivity index (χ2n) is 5.21. The van der Waals surface area contributed by atoms with E-state index in [2.05, 4.69) is 15.9 Å². The monoisotopic (exact) mass is 310 g/mol. The van der Waals surface area contributed by atoms with Gasteiger partial charge >= 0.3 is 0 Å². The third kappa shape index (κ3) is 3.14. The zero-order valence-corrected chi connectivity index (χ0v) is 12.3. The molecule has 0 unspecified atom stereocenters. The predicted molar refractivity (Wildman–Crippen MR) is 76.6 cm³/mol. The number of alkyl halides is 1. The summed E-state index contributed by atoms with van der Waals surface area (Å²) in [6.07, 6.45) is 5.04. The van der Waals surface area contributed by atoms with E-state index in [4.69, 9.17) is 4.74 Å². The molecule has 2 rings (SSSR count). The Hall–Kier alpha value is -0.830. The van der Waals surface area contributed by atoms with Gasteiger partial charge in [0, 0.05) is 16.3 Å². The van der Waals surface area contributed by atoms with Crippen molar-refractivity contribution in [2.45, 2.75) is 32.6 Å². The van der Waals surface area contributed by atoms with Gasteiger partial charge in [0.15, 0.2) is 5.78 Å². The van der Waals surface area contributed by atoms with Gasteiger partial charge in [-0.2, -0.15) is 0 Å². The highest BCUT2D eigenvalue weighted by Crippen LogP contribution is 2.40. The predicted octanol–water partition coefficient (Wildman–Crippen LogP) is 4.22. The molecule has 0 spiro atoms. The van der Waals surface area contributed by atoms with E-state index in [9.17, 15) is 4.79 Å². The molecule has 1 aromatic carbocycles. The normalized spacial score (nSPS) is 17.7. The number of halogens is 1. The second kappa shape index (κ2) is 5.87. The van der Waals surface area contributed by atoms with E-state index in [0.29, 0.717) is 5.56 Å². The Morgan fingerprint density at radius 3 is 2.72 bits per heavy atom. The molecule has 0 aromatic heterocycles. The summed E-state index contributed by atoms with van der Waals surface area (Å²) in [5, 5.41) is 0.992. The summed E-state index contributed by atoms with van der Waals surface area (Å²) in [5.74, 6) is 0.881. The van der Waals surface area contributed by atoms with Gasteiger partial charge in [0.2, 0.25) is 0 Å². The van der Waals surface area contributed by atoms with Gasteiger partial charge in [0.05, 0.1) is 6.61 Å². The van der Waals surface area contributed by atoms with Crippen molar-refractivity contribution < 1.29 is 9.53 Å². The molecule has 98 valence electrons. The highest BCUT2D eigenvalue weighted by atomic mass is 79.9. The van der Waals surface area contributed by atoms with Crippen molar-refractivity contribution in [3.63, 3.8) is 0 Å². The van der Waals surface area contributed by atoms with E-state index in [-0.39, 0.29) is 11.2 Å². The molecule has 1 aliphatic rings. The molecule has 0 saturated heterocycles. The Bertz CT molecular complexity index is 422. The molecule has 0 aliphatic heterocycles. The zero-order valence-electron chi connectivity index (χ0n) is 10.7. The molecule has 0 amide bonds. The summed E-state index contributed by atoms with van der Waals surface area (Å²) in [6, 6.07) is 7.45. The van der Waals surface area contributed by atoms with Crippen LogP contribution in [0.2, 0.25) is 0 Å². The van der Waals surface area contributed by atoms with Crippen molar-refractivity contribution >= 4 is 21.7 Å². The van der Waals surface area contributed by atoms with E-state index in [0.717, 1.165) is 17.7 Å². The smallest absolute Gasteiger partial charge is 0.159 e. The molecular formula is C15H19BrO2.